The average molecular weight is 283 g/mol. The van der Waals surface area contributed by atoms with Gasteiger partial charge in [-0.05, 0) is 30.7 Å². The van der Waals surface area contributed by atoms with Crippen LogP contribution in [0.1, 0.15) is 17.2 Å². The lowest BCUT2D eigenvalue weighted by atomic mass is 10.0. The molecule has 2 aromatic rings. The highest BCUT2D eigenvalue weighted by Gasteiger charge is 2.31. The van der Waals surface area contributed by atoms with E-state index in [1.165, 1.54) is 0 Å². The van der Waals surface area contributed by atoms with Gasteiger partial charge in [0.1, 0.15) is 5.82 Å². The van der Waals surface area contributed by atoms with Crippen LogP contribution < -0.4 is 10.2 Å². The SMILES string of the molecule is Cc1cccc(NC(=O)N2C[C@H](CO)c3ccccc32)n1. The number of aryl methyl sites for hydroxylation is 1. The number of anilines is 2. The molecule has 0 aliphatic carbocycles. The third-order valence-corrected chi connectivity index (χ3v) is 3.66. The smallest absolute Gasteiger partial charge is 0.327 e. The summed E-state index contributed by atoms with van der Waals surface area (Å²) >= 11 is 0. The molecule has 5 heteroatoms. The third-order valence-electron chi connectivity index (χ3n) is 3.66. The average Bonchev–Trinajstić information content (AvgIpc) is 2.86. The largest absolute Gasteiger partial charge is 0.396 e. The van der Waals surface area contributed by atoms with Crippen molar-refractivity contribution in [2.45, 2.75) is 12.8 Å². The van der Waals surface area contributed by atoms with E-state index in [1.54, 1.807) is 11.0 Å². The lowest BCUT2D eigenvalue weighted by molar-refractivity contribution is 0.253. The van der Waals surface area contributed by atoms with Gasteiger partial charge in [0.25, 0.3) is 0 Å². The zero-order valence-corrected chi connectivity index (χ0v) is 11.8. The fourth-order valence-electron chi connectivity index (χ4n) is 2.63. The molecule has 2 heterocycles. The van der Waals surface area contributed by atoms with Crippen LogP contribution >= 0.6 is 0 Å². The number of para-hydroxylation sites is 1. The highest BCUT2D eigenvalue weighted by Crippen LogP contribution is 2.35. The van der Waals surface area contributed by atoms with E-state index in [9.17, 15) is 9.90 Å². The summed E-state index contributed by atoms with van der Waals surface area (Å²) in [6.07, 6.45) is 0. The highest BCUT2D eigenvalue weighted by atomic mass is 16.3. The number of aliphatic hydroxyl groups is 1. The zero-order chi connectivity index (χ0) is 14.8. The van der Waals surface area contributed by atoms with Gasteiger partial charge in [-0.3, -0.25) is 10.2 Å². The Kier molecular flexibility index (Phi) is 3.58. The molecule has 1 aromatic carbocycles. The molecule has 1 aliphatic heterocycles. The molecule has 0 unspecified atom stereocenters. The second-order valence-corrected chi connectivity index (χ2v) is 5.14. The highest BCUT2D eigenvalue weighted by molar-refractivity contribution is 6.02. The Morgan fingerprint density at radius 1 is 1.33 bits per heavy atom. The fraction of sp³-hybridized carbons (Fsp3) is 0.250. The van der Waals surface area contributed by atoms with Crippen molar-refractivity contribution in [3.63, 3.8) is 0 Å². The molecule has 1 aromatic heterocycles. The Morgan fingerprint density at radius 2 is 2.14 bits per heavy atom. The standard InChI is InChI=1S/C16H17N3O2/c1-11-5-4-8-15(17-11)18-16(21)19-9-12(10-20)13-6-2-3-7-14(13)19/h2-8,12,20H,9-10H2,1H3,(H,17,18,21)/t12-/m1/s1. The first kappa shape index (κ1) is 13.6. The number of hydrogen-bond acceptors (Lipinski definition) is 3. The summed E-state index contributed by atoms with van der Waals surface area (Å²) in [7, 11) is 0. The number of urea groups is 1. The van der Waals surface area contributed by atoms with Crippen LogP contribution in [0.2, 0.25) is 0 Å². The Bertz CT molecular complexity index is 672. The van der Waals surface area contributed by atoms with Crippen molar-refractivity contribution < 1.29 is 9.90 Å². The van der Waals surface area contributed by atoms with Gasteiger partial charge in [0.15, 0.2) is 0 Å². The lowest BCUT2D eigenvalue weighted by Gasteiger charge is -2.18. The number of carbonyl (C=O) groups is 1. The molecular formula is C16H17N3O2. The maximum absolute atomic E-state index is 12.4. The molecule has 0 saturated carbocycles. The van der Waals surface area contributed by atoms with Gasteiger partial charge in [-0.2, -0.15) is 0 Å². The van der Waals surface area contributed by atoms with Crippen LogP contribution in [0.5, 0.6) is 0 Å². The van der Waals surface area contributed by atoms with Gasteiger partial charge in [-0.25, -0.2) is 9.78 Å². The summed E-state index contributed by atoms with van der Waals surface area (Å²) in [5.41, 5.74) is 2.71. The van der Waals surface area contributed by atoms with Crippen molar-refractivity contribution >= 4 is 17.5 Å². The molecule has 0 saturated heterocycles. The zero-order valence-electron chi connectivity index (χ0n) is 11.8. The number of aliphatic hydroxyl groups excluding tert-OH is 1. The maximum atomic E-state index is 12.4. The minimum absolute atomic E-state index is 0.0302. The van der Waals surface area contributed by atoms with Gasteiger partial charge in [0, 0.05) is 23.8 Å². The second kappa shape index (κ2) is 5.54. The molecule has 2 N–H and O–H groups in total. The van der Waals surface area contributed by atoms with Crippen LogP contribution in [0, 0.1) is 6.92 Å². The van der Waals surface area contributed by atoms with Crippen molar-refractivity contribution in [2.24, 2.45) is 0 Å². The molecular weight excluding hydrogens is 266 g/mol. The van der Waals surface area contributed by atoms with Crippen LogP contribution in [0.3, 0.4) is 0 Å². The van der Waals surface area contributed by atoms with Gasteiger partial charge >= 0.3 is 6.03 Å². The first-order chi connectivity index (χ1) is 10.2. The van der Waals surface area contributed by atoms with Crippen LogP contribution in [0.25, 0.3) is 0 Å². The van der Waals surface area contributed by atoms with Crippen LogP contribution in [0.15, 0.2) is 42.5 Å². The van der Waals surface area contributed by atoms with Gasteiger partial charge in [-0.15, -0.1) is 0 Å². The summed E-state index contributed by atoms with van der Waals surface area (Å²) < 4.78 is 0. The van der Waals surface area contributed by atoms with Gasteiger partial charge < -0.3 is 5.11 Å². The molecule has 1 aliphatic rings. The van der Waals surface area contributed by atoms with E-state index in [4.69, 9.17) is 0 Å². The summed E-state index contributed by atoms with van der Waals surface area (Å²) in [6, 6.07) is 12.9. The van der Waals surface area contributed by atoms with Crippen LogP contribution in [0.4, 0.5) is 16.3 Å². The minimum atomic E-state index is -0.225. The summed E-state index contributed by atoms with van der Waals surface area (Å²) in [6.45, 7) is 2.39. The topological polar surface area (TPSA) is 65.5 Å². The first-order valence-electron chi connectivity index (χ1n) is 6.91. The Balaban J connectivity index is 1.83. The molecule has 108 valence electrons. The fourth-order valence-corrected chi connectivity index (χ4v) is 2.63. The van der Waals surface area contributed by atoms with Crippen LogP contribution in [-0.2, 0) is 0 Å². The Hall–Kier alpha value is -2.40. The molecule has 5 nitrogen and oxygen atoms in total. The van der Waals surface area contributed by atoms with Crippen molar-refractivity contribution in [1.82, 2.24) is 4.98 Å². The third kappa shape index (κ3) is 2.60. The van der Waals surface area contributed by atoms with Crippen molar-refractivity contribution in [3.05, 3.63) is 53.7 Å². The minimum Gasteiger partial charge on any atom is -0.396 e. The van der Waals surface area contributed by atoms with Crippen molar-refractivity contribution in [1.29, 1.82) is 0 Å². The van der Waals surface area contributed by atoms with Gasteiger partial charge in [-0.1, -0.05) is 24.3 Å². The number of fused-ring (bicyclic) bond motifs is 1. The van der Waals surface area contributed by atoms with Crippen molar-refractivity contribution in [3.8, 4) is 0 Å². The molecule has 1 atom stereocenters. The summed E-state index contributed by atoms with van der Waals surface area (Å²) in [4.78, 5) is 18.4. The van der Waals surface area contributed by atoms with E-state index in [-0.39, 0.29) is 18.6 Å². The van der Waals surface area contributed by atoms with Gasteiger partial charge in [0.05, 0.1) is 6.61 Å². The van der Waals surface area contributed by atoms with E-state index >= 15 is 0 Å². The predicted octanol–water partition coefficient (Wildman–Crippen LogP) is 2.52. The number of amides is 2. The summed E-state index contributed by atoms with van der Waals surface area (Å²) in [5.74, 6) is 0.502. The number of nitrogens with zero attached hydrogens (tertiary/aromatic N) is 2. The maximum Gasteiger partial charge on any atom is 0.327 e. The second-order valence-electron chi connectivity index (χ2n) is 5.14. The molecule has 0 fully saturated rings. The predicted molar refractivity (Wildman–Crippen MR) is 81.6 cm³/mol. The number of nitrogens with one attached hydrogen (secondary N) is 1. The Morgan fingerprint density at radius 3 is 2.90 bits per heavy atom. The number of benzene rings is 1. The number of carbonyl (C=O) groups excluding carboxylic acids is 1. The van der Waals surface area contributed by atoms with E-state index < -0.39 is 0 Å². The first-order valence-corrected chi connectivity index (χ1v) is 6.91. The number of pyridine rings is 1. The van der Waals surface area contributed by atoms with Gasteiger partial charge in [0.2, 0.25) is 0 Å². The molecule has 0 radical (unpaired) electrons. The van der Waals surface area contributed by atoms with E-state index in [0.717, 1.165) is 16.9 Å². The quantitative estimate of drug-likeness (QED) is 0.890. The molecule has 21 heavy (non-hydrogen) atoms. The molecule has 0 spiro atoms. The summed E-state index contributed by atoms with van der Waals surface area (Å²) in [5, 5.41) is 12.3. The lowest BCUT2D eigenvalue weighted by Crippen LogP contribution is -2.34. The van der Waals surface area contributed by atoms with E-state index in [2.05, 4.69) is 10.3 Å². The monoisotopic (exact) mass is 283 g/mol. The normalized spacial score (nSPS) is 16.7. The molecule has 3 rings (SSSR count). The molecule has 0 bridgehead atoms. The number of aromatic nitrogens is 1. The Labute approximate surface area is 123 Å². The van der Waals surface area contributed by atoms with Crippen molar-refractivity contribution in [2.75, 3.05) is 23.4 Å². The molecule has 2 amide bonds. The number of hydrogen-bond donors (Lipinski definition) is 2. The van der Waals surface area contributed by atoms with E-state index in [0.29, 0.717) is 12.4 Å². The van der Waals surface area contributed by atoms with E-state index in [1.807, 2.05) is 43.3 Å². The number of rotatable bonds is 2. The van der Waals surface area contributed by atoms with Crippen LogP contribution in [-0.4, -0.2) is 29.3 Å².